The first-order chi connectivity index (χ1) is 9.36. The lowest BCUT2D eigenvalue weighted by atomic mass is 10.0. The molecule has 0 aromatic heterocycles. The summed E-state index contributed by atoms with van der Waals surface area (Å²) in [5.41, 5.74) is 1.58. The van der Waals surface area contributed by atoms with Crippen molar-refractivity contribution < 1.29 is 5.11 Å². The highest BCUT2D eigenvalue weighted by atomic mass is 16.3. The molecular formula is C17H28N2O. The van der Waals surface area contributed by atoms with Gasteiger partial charge in [0.25, 0.3) is 0 Å². The van der Waals surface area contributed by atoms with Crippen LogP contribution in [-0.4, -0.2) is 52.7 Å². The van der Waals surface area contributed by atoms with Crippen LogP contribution in [0.25, 0.3) is 0 Å². The third kappa shape index (κ3) is 3.97. The molecule has 1 aliphatic rings. The average molecular weight is 276 g/mol. The van der Waals surface area contributed by atoms with Gasteiger partial charge in [-0.05, 0) is 51.8 Å². The van der Waals surface area contributed by atoms with Crippen molar-refractivity contribution in [1.29, 1.82) is 0 Å². The zero-order valence-corrected chi connectivity index (χ0v) is 13.3. The van der Waals surface area contributed by atoms with E-state index in [0.717, 1.165) is 32.6 Å². The number of piperazine rings is 1. The number of phenols is 1. The quantitative estimate of drug-likeness (QED) is 0.919. The summed E-state index contributed by atoms with van der Waals surface area (Å²) in [6.45, 7) is 13.8. The Morgan fingerprint density at radius 3 is 2.10 bits per heavy atom. The van der Waals surface area contributed by atoms with Gasteiger partial charge in [-0.2, -0.15) is 0 Å². The van der Waals surface area contributed by atoms with Gasteiger partial charge in [-0.1, -0.05) is 12.1 Å². The lowest BCUT2D eigenvalue weighted by Crippen LogP contribution is -2.55. The molecular weight excluding hydrogens is 248 g/mol. The van der Waals surface area contributed by atoms with Crippen LogP contribution in [0.4, 0.5) is 0 Å². The van der Waals surface area contributed by atoms with Crippen molar-refractivity contribution in [2.45, 2.75) is 45.7 Å². The van der Waals surface area contributed by atoms with Crippen molar-refractivity contribution in [3.05, 3.63) is 29.8 Å². The molecule has 112 valence electrons. The molecule has 1 aromatic carbocycles. The molecule has 0 radical (unpaired) electrons. The lowest BCUT2D eigenvalue weighted by molar-refractivity contribution is 0.0457. The Balaban J connectivity index is 1.85. The van der Waals surface area contributed by atoms with Crippen LogP contribution in [0.5, 0.6) is 5.75 Å². The van der Waals surface area contributed by atoms with Crippen molar-refractivity contribution >= 4 is 0 Å². The van der Waals surface area contributed by atoms with Gasteiger partial charge >= 0.3 is 0 Å². The monoisotopic (exact) mass is 276 g/mol. The Morgan fingerprint density at radius 2 is 1.60 bits per heavy atom. The highest BCUT2D eigenvalue weighted by molar-refractivity contribution is 5.26. The Labute approximate surface area is 123 Å². The first kappa shape index (κ1) is 15.3. The Morgan fingerprint density at radius 1 is 1.05 bits per heavy atom. The van der Waals surface area contributed by atoms with E-state index in [1.165, 1.54) is 5.56 Å². The number of aromatic hydroxyl groups is 1. The van der Waals surface area contributed by atoms with E-state index in [0.29, 0.717) is 11.8 Å². The molecule has 1 saturated heterocycles. The average Bonchev–Trinajstić information content (AvgIpc) is 2.40. The molecule has 1 aromatic rings. The summed E-state index contributed by atoms with van der Waals surface area (Å²) in [7, 11) is 0. The van der Waals surface area contributed by atoms with Gasteiger partial charge in [0, 0.05) is 37.8 Å². The largest absolute Gasteiger partial charge is 0.508 e. The summed E-state index contributed by atoms with van der Waals surface area (Å²) >= 11 is 0. The number of hydrogen-bond donors (Lipinski definition) is 1. The lowest BCUT2D eigenvalue weighted by Gasteiger charge is -2.44. The number of benzene rings is 1. The minimum absolute atomic E-state index is 0.284. The van der Waals surface area contributed by atoms with Gasteiger partial charge in [-0.15, -0.1) is 0 Å². The Kier molecular flexibility index (Phi) is 4.71. The molecule has 0 bridgehead atoms. The van der Waals surface area contributed by atoms with Gasteiger partial charge in [0.15, 0.2) is 0 Å². The summed E-state index contributed by atoms with van der Waals surface area (Å²) in [5.74, 6) is 0.347. The van der Waals surface area contributed by atoms with E-state index in [2.05, 4.69) is 37.5 Å². The van der Waals surface area contributed by atoms with Crippen LogP contribution >= 0.6 is 0 Å². The van der Waals surface area contributed by atoms with E-state index >= 15 is 0 Å². The van der Waals surface area contributed by atoms with Gasteiger partial charge in [-0.3, -0.25) is 9.80 Å². The maximum atomic E-state index is 9.33. The molecule has 1 aliphatic heterocycles. The summed E-state index contributed by atoms with van der Waals surface area (Å²) in [4.78, 5) is 5.14. The van der Waals surface area contributed by atoms with Crippen molar-refractivity contribution in [2.75, 3.05) is 26.2 Å². The second kappa shape index (κ2) is 6.15. The highest BCUT2D eigenvalue weighted by Gasteiger charge is 2.27. The molecule has 20 heavy (non-hydrogen) atoms. The minimum atomic E-state index is 0.284. The van der Waals surface area contributed by atoms with E-state index in [9.17, 15) is 5.11 Å². The van der Waals surface area contributed by atoms with Crippen molar-refractivity contribution in [3.63, 3.8) is 0 Å². The van der Waals surface area contributed by atoms with Crippen LogP contribution in [0.1, 0.15) is 33.3 Å². The Hall–Kier alpha value is -1.06. The number of rotatable bonds is 3. The topological polar surface area (TPSA) is 26.7 Å². The first-order valence-corrected chi connectivity index (χ1v) is 7.63. The zero-order chi connectivity index (χ0) is 14.8. The van der Waals surface area contributed by atoms with Crippen LogP contribution in [0.15, 0.2) is 24.3 Å². The summed E-state index contributed by atoms with van der Waals surface area (Å²) in [5, 5.41) is 9.33. The first-order valence-electron chi connectivity index (χ1n) is 7.63. The van der Waals surface area contributed by atoms with Gasteiger partial charge in [0.05, 0.1) is 0 Å². The van der Waals surface area contributed by atoms with Crippen molar-refractivity contribution in [3.8, 4) is 5.75 Å². The fourth-order valence-electron chi connectivity index (χ4n) is 2.94. The van der Waals surface area contributed by atoms with E-state index in [4.69, 9.17) is 0 Å². The van der Waals surface area contributed by atoms with Crippen LogP contribution in [-0.2, 0) is 6.42 Å². The predicted octanol–water partition coefficient (Wildman–Crippen LogP) is 2.74. The van der Waals surface area contributed by atoms with E-state index < -0.39 is 0 Å². The highest BCUT2D eigenvalue weighted by Crippen LogP contribution is 2.19. The van der Waals surface area contributed by atoms with Crippen LogP contribution < -0.4 is 0 Å². The fourth-order valence-corrected chi connectivity index (χ4v) is 2.94. The summed E-state index contributed by atoms with van der Waals surface area (Å²) < 4.78 is 0. The smallest absolute Gasteiger partial charge is 0.115 e. The van der Waals surface area contributed by atoms with Crippen molar-refractivity contribution in [2.24, 2.45) is 0 Å². The SMILES string of the molecule is CC(Cc1ccc(O)cc1)N1CCN(C(C)(C)C)CC1. The molecule has 2 rings (SSSR count). The molecule has 1 heterocycles. The van der Waals surface area contributed by atoms with Gasteiger partial charge in [0.1, 0.15) is 5.75 Å². The molecule has 3 heteroatoms. The maximum Gasteiger partial charge on any atom is 0.115 e. The molecule has 1 atom stereocenters. The summed E-state index contributed by atoms with van der Waals surface area (Å²) in [6, 6.07) is 8.16. The number of nitrogens with zero attached hydrogens (tertiary/aromatic N) is 2. The second-order valence-corrected chi connectivity index (χ2v) is 6.91. The minimum Gasteiger partial charge on any atom is -0.508 e. The van der Waals surface area contributed by atoms with Crippen LogP contribution in [0.3, 0.4) is 0 Å². The maximum absolute atomic E-state index is 9.33. The molecule has 0 amide bonds. The summed E-state index contributed by atoms with van der Waals surface area (Å²) in [6.07, 6.45) is 1.05. The number of hydrogen-bond acceptors (Lipinski definition) is 3. The van der Waals surface area contributed by atoms with E-state index in [1.54, 1.807) is 12.1 Å². The van der Waals surface area contributed by atoms with Crippen LogP contribution in [0, 0.1) is 0 Å². The third-order valence-electron chi connectivity index (χ3n) is 4.35. The van der Waals surface area contributed by atoms with Gasteiger partial charge < -0.3 is 5.11 Å². The zero-order valence-electron chi connectivity index (χ0n) is 13.3. The second-order valence-electron chi connectivity index (χ2n) is 6.91. The Bertz CT molecular complexity index is 414. The van der Waals surface area contributed by atoms with E-state index in [1.807, 2.05) is 12.1 Å². The normalized spacial score (nSPS) is 20.0. The number of phenolic OH excluding ortho intramolecular Hbond substituents is 1. The van der Waals surface area contributed by atoms with Gasteiger partial charge in [0.2, 0.25) is 0 Å². The molecule has 1 fully saturated rings. The molecule has 3 nitrogen and oxygen atoms in total. The van der Waals surface area contributed by atoms with Crippen LogP contribution in [0.2, 0.25) is 0 Å². The van der Waals surface area contributed by atoms with Gasteiger partial charge in [-0.25, -0.2) is 0 Å². The molecule has 0 saturated carbocycles. The standard InChI is InChI=1S/C17H28N2O/c1-14(13-15-5-7-16(20)8-6-15)18-9-11-19(12-10-18)17(2,3)4/h5-8,14,20H,9-13H2,1-4H3. The molecule has 0 spiro atoms. The van der Waals surface area contributed by atoms with E-state index in [-0.39, 0.29) is 5.54 Å². The fraction of sp³-hybridized carbons (Fsp3) is 0.647. The van der Waals surface area contributed by atoms with Crippen molar-refractivity contribution in [1.82, 2.24) is 9.80 Å². The molecule has 0 aliphatic carbocycles. The third-order valence-corrected chi connectivity index (χ3v) is 4.35. The molecule has 1 N–H and O–H groups in total. The predicted molar refractivity (Wildman–Crippen MR) is 84.2 cm³/mol. The molecule has 1 unspecified atom stereocenters.